The molecule has 1 unspecified atom stereocenters. The smallest absolute Gasteiger partial charge is 0.167 e. The highest BCUT2D eigenvalue weighted by atomic mass is 35.5. The molecule has 0 saturated carbocycles. The minimum atomic E-state index is 0.0655. The Bertz CT molecular complexity index is 710. The van der Waals surface area contributed by atoms with Gasteiger partial charge in [-0.25, -0.2) is 0 Å². The van der Waals surface area contributed by atoms with E-state index in [2.05, 4.69) is 0 Å². The number of carbonyl (C=O) groups excluding carboxylic acids is 1. The van der Waals surface area contributed by atoms with Gasteiger partial charge in [0.2, 0.25) is 0 Å². The van der Waals surface area contributed by atoms with Crippen LogP contribution < -0.4 is 4.74 Å². The monoisotopic (exact) mass is 320 g/mol. The molecule has 3 rings (SSSR count). The largest absolute Gasteiger partial charge is 0.490 e. The zero-order valence-electron chi connectivity index (χ0n) is 11.5. The molecule has 1 atom stereocenters. The van der Waals surface area contributed by atoms with Crippen LogP contribution in [0.3, 0.4) is 0 Å². The zero-order chi connectivity index (χ0) is 15.0. The number of hydrogen-bond donors (Lipinski definition) is 0. The molecular weight excluding hydrogens is 307 g/mol. The maximum Gasteiger partial charge on any atom is 0.167 e. The van der Waals surface area contributed by atoms with Gasteiger partial charge in [0, 0.05) is 18.4 Å². The van der Waals surface area contributed by atoms with E-state index in [1.165, 1.54) is 0 Å². The van der Waals surface area contributed by atoms with E-state index in [0.29, 0.717) is 22.0 Å². The molecule has 1 heterocycles. The van der Waals surface area contributed by atoms with Crippen LogP contribution in [0.5, 0.6) is 5.75 Å². The molecule has 1 aliphatic heterocycles. The minimum Gasteiger partial charge on any atom is -0.490 e. The summed E-state index contributed by atoms with van der Waals surface area (Å²) in [6.45, 7) is 2.03. The standard InChI is InChI=1S/C17H14Cl2O2/c1-10-6-13-9-12(3-5-17(13)21-10)16(20)8-11-2-4-14(18)15(19)7-11/h2-5,7,9-10H,6,8H2,1H3. The van der Waals surface area contributed by atoms with Gasteiger partial charge < -0.3 is 4.74 Å². The summed E-state index contributed by atoms with van der Waals surface area (Å²) in [7, 11) is 0. The lowest BCUT2D eigenvalue weighted by molar-refractivity contribution is 0.0993. The molecule has 0 amide bonds. The van der Waals surface area contributed by atoms with Crippen molar-refractivity contribution >= 4 is 29.0 Å². The number of rotatable bonds is 3. The first-order valence-corrected chi connectivity index (χ1v) is 7.55. The third-order valence-electron chi connectivity index (χ3n) is 3.57. The highest BCUT2D eigenvalue weighted by Gasteiger charge is 2.20. The Morgan fingerprint density at radius 3 is 2.76 bits per heavy atom. The minimum absolute atomic E-state index is 0.0655. The average molecular weight is 321 g/mol. The fourth-order valence-electron chi connectivity index (χ4n) is 2.53. The maximum absolute atomic E-state index is 12.4. The summed E-state index contributed by atoms with van der Waals surface area (Å²) in [4.78, 5) is 12.4. The molecule has 4 heteroatoms. The van der Waals surface area contributed by atoms with Gasteiger partial charge >= 0.3 is 0 Å². The first-order valence-electron chi connectivity index (χ1n) is 6.79. The second-order valence-electron chi connectivity index (χ2n) is 5.30. The SMILES string of the molecule is CC1Cc2cc(C(=O)Cc3ccc(Cl)c(Cl)c3)ccc2O1. The van der Waals surface area contributed by atoms with E-state index in [0.717, 1.165) is 23.3 Å². The average Bonchev–Trinajstić information content (AvgIpc) is 2.82. The van der Waals surface area contributed by atoms with E-state index in [1.807, 2.05) is 31.2 Å². The van der Waals surface area contributed by atoms with Crippen molar-refractivity contribution in [3.05, 3.63) is 63.1 Å². The van der Waals surface area contributed by atoms with Gasteiger partial charge in [-0.3, -0.25) is 4.79 Å². The van der Waals surface area contributed by atoms with Crippen molar-refractivity contribution in [3.8, 4) is 5.75 Å². The molecule has 0 spiro atoms. The first kappa shape index (κ1) is 14.4. The third kappa shape index (κ3) is 3.07. The van der Waals surface area contributed by atoms with Gasteiger partial charge in [0.25, 0.3) is 0 Å². The Morgan fingerprint density at radius 2 is 2.00 bits per heavy atom. The van der Waals surface area contributed by atoms with E-state index in [9.17, 15) is 4.79 Å². The first-order chi connectivity index (χ1) is 10.0. The predicted molar refractivity (Wildman–Crippen MR) is 84.7 cm³/mol. The van der Waals surface area contributed by atoms with Crippen LogP contribution in [0.1, 0.15) is 28.4 Å². The Hall–Kier alpha value is -1.51. The van der Waals surface area contributed by atoms with Crippen LogP contribution in [0, 0.1) is 0 Å². The summed E-state index contributed by atoms with van der Waals surface area (Å²) < 4.78 is 5.65. The number of halogens is 2. The van der Waals surface area contributed by atoms with Gasteiger partial charge in [0.15, 0.2) is 5.78 Å². The van der Waals surface area contributed by atoms with Gasteiger partial charge in [-0.2, -0.15) is 0 Å². The van der Waals surface area contributed by atoms with Crippen LogP contribution in [0.15, 0.2) is 36.4 Å². The van der Waals surface area contributed by atoms with Gasteiger partial charge in [0.05, 0.1) is 10.0 Å². The molecule has 0 bridgehead atoms. The Labute approximate surface area is 133 Å². The Morgan fingerprint density at radius 1 is 1.19 bits per heavy atom. The summed E-state index contributed by atoms with van der Waals surface area (Å²) in [6, 6.07) is 10.9. The third-order valence-corrected chi connectivity index (χ3v) is 4.31. The molecule has 0 aromatic heterocycles. The van der Waals surface area contributed by atoms with Crippen molar-refractivity contribution in [3.63, 3.8) is 0 Å². The van der Waals surface area contributed by atoms with E-state index in [-0.39, 0.29) is 11.9 Å². The van der Waals surface area contributed by atoms with Crippen LogP contribution in [-0.4, -0.2) is 11.9 Å². The van der Waals surface area contributed by atoms with E-state index >= 15 is 0 Å². The number of benzene rings is 2. The number of Topliss-reactive ketones (excluding diaryl/α,β-unsaturated/α-hetero) is 1. The number of ether oxygens (including phenoxy) is 1. The van der Waals surface area contributed by atoms with Crippen molar-refractivity contribution < 1.29 is 9.53 Å². The highest BCUT2D eigenvalue weighted by molar-refractivity contribution is 6.42. The fraction of sp³-hybridized carbons (Fsp3) is 0.235. The quantitative estimate of drug-likeness (QED) is 0.763. The van der Waals surface area contributed by atoms with Gasteiger partial charge in [0.1, 0.15) is 11.9 Å². The lowest BCUT2D eigenvalue weighted by Crippen LogP contribution is -2.05. The fourth-order valence-corrected chi connectivity index (χ4v) is 2.85. The van der Waals surface area contributed by atoms with Crippen LogP contribution in [-0.2, 0) is 12.8 Å². The molecule has 108 valence electrons. The molecule has 0 fully saturated rings. The molecular formula is C17H14Cl2O2. The van der Waals surface area contributed by atoms with E-state index in [1.54, 1.807) is 12.1 Å². The summed E-state index contributed by atoms with van der Waals surface area (Å²) in [6.07, 6.45) is 1.34. The van der Waals surface area contributed by atoms with Gasteiger partial charge in [-0.05, 0) is 48.4 Å². The predicted octanol–water partition coefficient (Wildman–Crippen LogP) is 4.74. The van der Waals surface area contributed by atoms with Crippen molar-refractivity contribution in [1.29, 1.82) is 0 Å². The van der Waals surface area contributed by atoms with Crippen molar-refractivity contribution in [2.24, 2.45) is 0 Å². The van der Waals surface area contributed by atoms with Gasteiger partial charge in [-0.15, -0.1) is 0 Å². The molecule has 0 N–H and O–H groups in total. The van der Waals surface area contributed by atoms with Crippen LogP contribution in [0.2, 0.25) is 10.0 Å². The van der Waals surface area contributed by atoms with E-state index in [4.69, 9.17) is 27.9 Å². The van der Waals surface area contributed by atoms with Crippen LogP contribution in [0.4, 0.5) is 0 Å². The van der Waals surface area contributed by atoms with Crippen LogP contribution in [0.25, 0.3) is 0 Å². The molecule has 21 heavy (non-hydrogen) atoms. The molecule has 2 aromatic carbocycles. The number of hydrogen-bond acceptors (Lipinski definition) is 2. The topological polar surface area (TPSA) is 26.3 Å². The van der Waals surface area contributed by atoms with Crippen molar-refractivity contribution in [2.75, 3.05) is 0 Å². The molecule has 1 aliphatic rings. The second kappa shape index (κ2) is 5.70. The number of carbonyl (C=O) groups is 1. The Kier molecular flexibility index (Phi) is 3.92. The van der Waals surface area contributed by atoms with Crippen molar-refractivity contribution in [1.82, 2.24) is 0 Å². The summed E-state index contributed by atoms with van der Waals surface area (Å²) in [5.41, 5.74) is 2.67. The van der Waals surface area contributed by atoms with Crippen LogP contribution >= 0.6 is 23.2 Å². The summed E-state index contributed by atoms with van der Waals surface area (Å²) >= 11 is 11.9. The molecule has 2 aromatic rings. The summed E-state index contributed by atoms with van der Waals surface area (Å²) in [5, 5.41) is 0.967. The lowest BCUT2D eigenvalue weighted by atomic mass is 10.00. The van der Waals surface area contributed by atoms with E-state index < -0.39 is 0 Å². The second-order valence-corrected chi connectivity index (χ2v) is 6.12. The summed E-state index contributed by atoms with van der Waals surface area (Å²) in [5.74, 6) is 0.948. The normalized spacial score (nSPS) is 16.4. The molecule has 0 aliphatic carbocycles. The molecule has 2 nitrogen and oxygen atoms in total. The zero-order valence-corrected chi connectivity index (χ0v) is 13.0. The molecule has 0 saturated heterocycles. The van der Waals surface area contributed by atoms with Crippen molar-refractivity contribution in [2.45, 2.75) is 25.9 Å². The Balaban J connectivity index is 1.79. The lowest BCUT2D eigenvalue weighted by Gasteiger charge is -2.05. The number of ketones is 1. The number of fused-ring (bicyclic) bond motifs is 1. The molecule has 0 radical (unpaired) electrons. The van der Waals surface area contributed by atoms with Gasteiger partial charge in [-0.1, -0.05) is 29.3 Å². The maximum atomic E-state index is 12.4. The highest BCUT2D eigenvalue weighted by Crippen LogP contribution is 2.30.